The number of likely N-dealkylation sites (tertiary alicyclic amines) is 1. The molecule has 102 valence electrons. The lowest BCUT2D eigenvalue weighted by molar-refractivity contribution is 0.194. The van der Waals surface area contributed by atoms with Gasteiger partial charge in [0.15, 0.2) is 5.82 Å². The first-order valence-electron chi connectivity index (χ1n) is 6.52. The summed E-state index contributed by atoms with van der Waals surface area (Å²) in [6.45, 7) is 6.77. The molecule has 1 unspecified atom stereocenters. The van der Waals surface area contributed by atoms with Gasteiger partial charge in [-0.3, -0.25) is 4.90 Å². The first-order chi connectivity index (χ1) is 9.20. The van der Waals surface area contributed by atoms with E-state index >= 15 is 0 Å². The van der Waals surface area contributed by atoms with Crippen LogP contribution in [0.4, 0.5) is 0 Å². The highest BCUT2D eigenvalue weighted by molar-refractivity contribution is 7.11. The van der Waals surface area contributed by atoms with Crippen molar-refractivity contribution in [1.29, 1.82) is 0 Å². The van der Waals surface area contributed by atoms with Gasteiger partial charge in [-0.05, 0) is 26.3 Å². The second-order valence-corrected chi connectivity index (χ2v) is 6.23. The van der Waals surface area contributed by atoms with Crippen LogP contribution in [0.2, 0.25) is 0 Å². The monoisotopic (exact) mass is 279 g/mol. The Morgan fingerprint density at radius 1 is 1.37 bits per heavy atom. The Kier molecular flexibility index (Phi) is 3.56. The molecule has 1 aliphatic rings. The van der Waals surface area contributed by atoms with E-state index in [0.717, 1.165) is 48.3 Å². The van der Waals surface area contributed by atoms with Gasteiger partial charge in [0, 0.05) is 19.4 Å². The molecule has 0 amide bonds. The molecule has 0 radical (unpaired) electrons. The summed E-state index contributed by atoms with van der Waals surface area (Å²) in [6, 6.07) is 0. The van der Waals surface area contributed by atoms with Gasteiger partial charge >= 0.3 is 0 Å². The van der Waals surface area contributed by atoms with Crippen LogP contribution in [-0.4, -0.2) is 38.3 Å². The van der Waals surface area contributed by atoms with Gasteiger partial charge in [-0.2, -0.15) is 4.98 Å². The summed E-state index contributed by atoms with van der Waals surface area (Å²) in [7, 11) is 0. The minimum atomic E-state index is 0.375. The highest BCUT2D eigenvalue weighted by Gasteiger charge is 2.25. The van der Waals surface area contributed by atoms with E-state index in [0.29, 0.717) is 11.8 Å². The number of rotatable bonds is 3. The highest BCUT2D eigenvalue weighted by Crippen LogP contribution is 2.26. The molecule has 7 heteroatoms. The van der Waals surface area contributed by atoms with Crippen LogP contribution in [0.1, 0.15) is 40.5 Å². The second-order valence-electron chi connectivity index (χ2n) is 4.96. The van der Waals surface area contributed by atoms with E-state index in [-0.39, 0.29) is 0 Å². The average Bonchev–Trinajstić information content (AvgIpc) is 2.99. The normalized spacial score (nSPS) is 20.8. The highest BCUT2D eigenvalue weighted by atomic mass is 32.1. The molecular weight excluding hydrogens is 262 g/mol. The number of aromatic nitrogens is 4. The van der Waals surface area contributed by atoms with E-state index in [2.05, 4.69) is 25.2 Å². The maximum absolute atomic E-state index is 5.07. The summed E-state index contributed by atoms with van der Waals surface area (Å²) >= 11 is 1.67. The Balaban J connectivity index is 1.64. The molecule has 0 bridgehead atoms. The van der Waals surface area contributed by atoms with Gasteiger partial charge in [-0.15, -0.1) is 21.5 Å². The second kappa shape index (κ2) is 5.34. The van der Waals surface area contributed by atoms with Gasteiger partial charge in [0.2, 0.25) is 5.89 Å². The molecular formula is C12H17N5OS. The minimum absolute atomic E-state index is 0.375. The molecule has 6 nitrogen and oxygen atoms in total. The summed E-state index contributed by atoms with van der Waals surface area (Å²) in [5, 5.41) is 14.4. The predicted molar refractivity (Wildman–Crippen MR) is 70.9 cm³/mol. The Morgan fingerprint density at radius 2 is 2.26 bits per heavy atom. The van der Waals surface area contributed by atoms with Crippen molar-refractivity contribution in [2.24, 2.45) is 0 Å². The average molecular weight is 279 g/mol. The van der Waals surface area contributed by atoms with Gasteiger partial charge in [-0.25, -0.2) is 0 Å². The van der Waals surface area contributed by atoms with Gasteiger partial charge in [0.1, 0.15) is 10.0 Å². The number of hydrogen-bond acceptors (Lipinski definition) is 7. The van der Waals surface area contributed by atoms with Crippen molar-refractivity contribution in [3.05, 3.63) is 21.7 Å². The van der Waals surface area contributed by atoms with Crippen LogP contribution >= 0.6 is 11.3 Å². The summed E-state index contributed by atoms with van der Waals surface area (Å²) in [5.41, 5.74) is 0. The SMILES string of the molecule is Cc1nc(C2CCCN(Cc3nnc(C)s3)C2)no1. The van der Waals surface area contributed by atoms with Crippen LogP contribution in [0.25, 0.3) is 0 Å². The van der Waals surface area contributed by atoms with Crippen molar-refractivity contribution in [1.82, 2.24) is 25.2 Å². The van der Waals surface area contributed by atoms with Crippen LogP contribution < -0.4 is 0 Å². The van der Waals surface area contributed by atoms with Crippen molar-refractivity contribution in [3.8, 4) is 0 Å². The summed E-state index contributed by atoms with van der Waals surface area (Å²) in [5.74, 6) is 1.86. The Morgan fingerprint density at radius 3 is 2.95 bits per heavy atom. The zero-order chi connectivity index (χ0) is 13.2. The predicted octanol–water partition coefficient (Wildman–Crippen LogP) is 1.92. The van der Waals surface area contributed by atoms with E-state index in [9.17, 15) is 0 Å². The van der Waals surface area contributed by atoms with Gasteiger partial charge in [0.05, 0.1) is 6.54 Å². The molecule has 3 rings (SSSR count). The summed E-state index contributed by atoms with van der Waals surface area (Å²) in [6.07, 6.45) is 2.29. The van der Waals surface area contributed by atoms with E-state index in [4.69, 9.17) is 4.52 Å². The zero-order valence-corrected chi connectivity index (χ0v) is 12.0. The molecule has 1 aliphatic heterocycles. The van der Waals surface area contributed by atoms with E-state index in [1.54, 1.807) is 11.3 Å². The molecule has 2 aromatic heterocycles. The lowest BCUT2D eigenvalue weighted by atomic mass is 9.97. The lowest BCUT2D eigenvalue weighted by Crippen LogP contribution is -2.34. The van der Waals surface area contributed by atoms with Gasteiger partial charge < -0.3 is 4.52 Å². The molecule has 0 saturated carbocycles. The molecule has 19 heavy (non-hydrogen) atoms. The molecule has 1 saturated heterocycles. The minimum Gasteiger partial charge on any atom is -0.340 e. The summed E-state index contributed by atoms with van der Waals surface area (Å²) < 4.78 is 5.07. The Labute approximate surface area is 115 Å². The number of nitrogens with zero attached hydrogens (tertiary/aromatic N) is 5. The third-order valence-corrected chi connectivity index (χ3v) is 4.16. The number of piperidine rings is 1. The molecule has 0 aliphatic carbocycles. The fourth-order valence-electron chi connectivity index (χ4n) is 2.48. The van der Waals surface area contributed by atoms with Crippen LogP contribution in [0.3, 0.4) is 0 Å². The molecule has 0 aromatic carbocycles. The fourth-order valence-corrected chi connectivity index (χ4v) is 3.23. The van der Waals surface area contributed by atoms with E-state index < -0.39 is 0 Å². The maximum atomic E-state index is 5.07. The smallest absolute Gasteiger partial charge is 0.223 e. The van der Waals surface area contributed by atoms with Crippen molar-refractivity contribution < 1.29 is 4.52 Å². The molecule has 0 N–H and O–H groups in total. The van der Waals surface area contributed by atoms with Crippen molar-refractivity contribution >= 4 is 11.3 Å². The quantitative estimate of drug-likeness (QED) is 0.855. The van der Waals surface area contributed by atoms with E-state index in [1.807, 2.05) is 13.8 Å². The molecule has 2 aromatic rings. The number of hydrogen-bond donors (Lipinski definition) is 0. The standard InChI is InChI=1S/C12H17N5OS/c1-8-13-12(16-18-8)10-4-3-5-17(6-10)7-11-15-14-9(2)19-11/h10H,3-7H2,1-2H3. The van der Waals surface area contributed by atoms with Gasteiger partial charge in [-0.1, -0.05) is 5.16 Å². The van der Waals surface area contributed by atoms with Crippen LogP contribution in [0.5, 0.6) is 0 Å². The molecule has 3 heterocycles. The van der Waals surface area contributed by atoms with Crippen molar-refractivity contribution in [2.75, 3.05) is 13.1 Å². The topological polar surface area (TPSA) is 67.9 Å². The first-order valence-corrected chi connectivity index (χ1v) is 7.34. The maximum Gasteiger partial charge on any atom is 0.223 e. The first kappa shape index (κ1) is 12.7. The van der Waals surface area contributed by atoms with Crippen LogP contribution in [0, 0.1) is 13.8 Å². The van der Waals surface area contributed by atoms with E-state index in [1.165, 1.54) is 0 Å². The van der Waals surface area contributed by atoms with Crippen molar-refractivity contribution in [3.63, 3.8) is 0 Å². The van der Waals surface area contributed by atoms with Crippen molar-refractivity contribution in [2.45, 2.75) is 39.2 Å². The zero-order valence-electron chi connectivity index (χ0n) is 11.2. The third kappa shape index (κ3) is 2.98. The van der Waals surface area contributed by atoms with Crippen LogP contribution in [-0.2, 0) is 6.54 Å². The largest absolute Gasteiger partial charge is 0.340 e. The molecule has 1 fully saturated rings. The molecule has 1 atom stereocenters. The summed E-state index contributed by atoms with van der Waals surface area (Å²) in [4.78, 5) is 6.75. The lowest BCUT2D eigenvalue weighted by Gasteiger charge is -2.30. The fraction of sp³-hybridized carbons (Fsp3) is 0.667. The van der Waals surface area contributed by atoms with Gasteiger partial charge in [0.25, 0.3) is 0 Å². The molecule has 0 spiro atoms. The number of aryl methyl sites for hydroxylation is 2. The van der Waals surface area contributed by atoms with Crippen LogP contribution in [0.15, 0.2) is 4.52 Å². The Bertz CT molecular complexity index is 552. The Hall–Kier alpha value is -1.34. The third-order valence-electron chi connectivity index (χ3n) is 3.34.